The highest BCUT2D eigenvalue weighted by Crippen LogP contribution is 2.28. The van der Waals surface area contributed by atoms with E-state index in [2.05, 4.69) is 23.6 Å². The van der Waals surface area contributed by atoms with Gasteiger partial charge in [0.1, 0.15) is 5.67 Å². The minimum atomic E-state index is -1.12. The molecule has 0 aliphatic carbocycles. The zero-order chi connectivity index (χ0) is 17.0. The average molecular weight is 327 g/mol. The Morgan fingerprint density at radius 1 is 0.957 bits per heavy atom. The maximum atomic E-state index is 15.1. The molecule has 2 aliphatic rings. The number of piperazine rings is 1. The average Bonchev–Trinajstić information content (AvgIpc) is 2.48. The summed E-state index contributed by atoms with van der Waals surface area (Å²) in [6.45, 7) is 15.2. The van der Waals surface area contributed by atoms with Crippen LogP contribution < -0.4 is 0 Å². The second-order valence-corrected chi connectivity index (χ2v) is 8.10. The van der Waals surface area contributed by atoms with Gasteiger partial charge in [-0.3, -0.25) is 9.69 Å². The van der Waals surface area contributed by atoms with Crippen LogP contribution in [0.15, 0.2) is 0 Å². The fraction of sp³-hybridized carbons (Fsp3) is 0.944. The zero-order valence-electron chi connectivity index (χ0n) is 15.4. The number of amides is 1. The van der Waals surface area contributed by atoms with Gasteiger partial charge >= 0.3 is 0 Å². The first-order valence-electron chi connectivity index (χ1n) is 9.21. The second-order valence-electron chi connectivity index (χ2n) is 8.10. The molecule has 0 unspecified atom stereocenters. The van der Waals surface area contributed by atoms with Crippen LogP contribution in [0.2, 0.25) is 0 Å². The predicted octanol–water partition coefficient (Wildman–Crippen LogP) is 2.25. The van der Waals surface area contributed by atoms with Crippen LogP contribution >= 0.6 is 0 Å². The van der Waals surface area contributed by atoms with Crippen molar-refractivity contribution in [2.75, 3.05) is 52.4 Å². The third-order valence-corrected chi connectivity index (χ3v) is 5.06. The topological polar surface area (TPSA) is 26.8 Å². The number of alkyl halides is 1. The summed E-state index contributed by atoms with van der Waals surface area (Å²) in [7, 11) is 0. The lowest BCUT2D eigenvalue weighted by molar-refractivity contribution is -0.137. The lowest BCUT2D eigenvalue weighted by Crippen LogP contribution is -2.54. The molecule has 5 heteroatoms. The summed E-state index contributed by atoms with van der Waals surface area (Å²) < 4.78 is 15.1. The smallest absolute Gasteiger partial charge is 0.225 e. The monoisotopic (exact) mass is 327 g/mol. The fourth-order valence-corrected chi connectivity index (χ4v) is 3.70. The number of halogens is 1. The molecule has 1 amide bonds. The first kappa shape index (κ1) is 18.7. The standard InChI is InChI=1S/C18H34FN3O/c1-15(2)13-20-9-11-21(12-10-20)14-18(19)5-7-22(8-6-18)17(23)16(3)4/h15-16H,5-14H2,1-4H3. The Morgan fingerprint density at radius 2 is 1.48 bits per heavy atom. The van der Waals surface area contributed by atoms with Crippen molar-refractivity contribution in [3.05, 3.63) is 0 Å². The van der Waals surface area contributed by atoms with Gasteiger partial charge in [-0.2, -0.15) is 0 Å². The van der Waals surface area contributed by atoms with Crippen molar-refractivity contribution < 1.29 is 9.18 Å². The van der Waals surface area contributed by atoms with Crippen molar-refractivity contribution in [1.82, 2.24) is 14.7 Å². The van der Waals surface area contributed by atoms with Crippen molar-refractivity contribution in [3.8, 4) is 0 Å². The Bertz CT molecular complexity index is 384. The van der Waals surface area contributed by atoms with Crippen LogP contribution in [-0.4, -0.2) is 78.6 Å². The molecule has 2 saturated heterocycles. The molecule has 2 fully saturated rings. The highest BCUT2D eigenvalue weighted by molar-refractivity contribution is 5.78. The Kier molecular flexibility index (Phi) is 6.43. The summed E-state index contributed by atoms with van der Waals surface area (Å²) in [5, 5.41) is 0. The molecule has 0 aromatic carbocycles. The number of hydrogen-bond donors (Lipinski definition) is 0. The van der Waals surface area contributed by atoms with Crippen molar-refractivity contribution in [2.24, 2.45) is 11.8 Å². The van der Waals surface area contributed by atoms with Gasteiger partial charge in [-0.15, -0.1) is 0 Å². The van der Waals surface area contributed by atoms with E-state index in [4.69, 9.17) is 0 Å². The minimum Gasteiger partial charge on any atom is -0.342 e. The molecule has 2 aliphatic heterocycles. The molecule has 0 atom stereocenters. The van der Waals surface area contributed by atoms with E-state index in [0.717, 1.165) is 32.7 Å². The van der Waals surface area contributed by atoms with Gasteiger partial charge in [-0.25, -0.2) is 4.39 Å². The molecule has 0 radical (unpaired) electrons. The summed E-state index contributed by atoms with van der Waals surface area (Å²) in [6.07, 6.45) is 0.968. The first-order valence-corrected chi connectivity index (χ1v) is 9.21. The van der Waals surface area contributed by atoms with Gasteiger partial charge in [0.25, 0.3) is 0 Å². The van der Waals surface area contributed by atoms with Crippen LogP contribution in [0.5, 0.6) is 0 Å². The molecule has 0 bridgehead atoms. The van der Waals surface area contributed by atoms with E-state index in [0.29, 0.717) is 38.4 Å². The van der Waals surface area contributed by atoms with Gasteiger partial charge in [0.05, 0.1) is 0 Å². The van der Waals surface area contributed by atoms with E-state index in [1.807, 2.05) is 18.7 Å². The van der Waals surface area contributed by atoms with Gasteiger partial charge in [0.2, 0.25) is 5.91 Å². The minimum absolute atomic E-state index is 0.0103. The van der Waals surface area contributed by atoms with E-state index in [1.165, 1.54) is 0 Å². The molecule has 0 N–H and O–H groups in total. The third kappa shape index (κ3) is 5.42. The molecule has 134 valence electrons. The highest BCUT2D eigenvalue weighted by Gasteiger charge is 2.38. The fourth-order valence-electron chi connectivity index (χ4n) is 3.70. The number of carbonyl (C=O) groups excluding carboxylic acids is 1. The molecule has 0 saturated carbocycles. The zero-order valence-corrected chi connectivity index (χ0v) is 15.4. The van der Waals surface area contributed by atoms with Crippen LogP contribution in [0.3, 0.4) is 0 Å². The van der Waals surface area contributed by atoms with Crippen molar-refractivity contribution in [1.29, 1.82) is 0 Å². The van der Waals surface area contributed by atoms with E-state index in [-0.39, 0.29) is 11.8 Å². The SMILES string of the molecule is CC(C)CN1CCN(CC2(F)CCN(C(=O)C(C)C)CC2)CC1. The number of piperidine rings is 1. The summed E-state index contributed by atoms with van der Waals surface area (Å²) in [6, 6.07) is 0. The van der Waals surface area contributed by atoms with Crippen molar-refractivity contribution in [3.63, 3.8) is 0 Å². The van der Waals surface area contributed by atoms with E-state index in [1.54, 1.807) is 0 Å². The molecule has 4 nitrogen and oxygen atoms in total. The third-order valence-electron chi connectivity index (χ3n) is 5.06. The molecule has 2 rings (SSSR count). The number of hydrogen-bond acceptors (Lipinski definition) is 3. The lowest BCUT2D eigenvalue weighted by Gasteiger charge is -2.42. The van der Waals surface area contributed by atoms with Crippen LogP contribution in [0, 0.1) is 11.8 Å². The Balaban J connectivity index is 1.75. The molecule has 23 heavy (non-hydrogen) atoms. The van der Waals surface area contributed by atoms with E-state index < -0.39 is 5.67 Å². The van der Waals surface area contributed by atoms with E-state index in [9.17, 15) is 4.79 Å². The molecule has 0 spiro atoms. The summed E-state index contributed by atoms with van der Waals surface area (Å²) in [5.74, 6) is 0.863. The summed E-state index contributed by atoms with van der Waals surface area (Å²) >= 11 is 0. The molecular weight excluding hydrogens is 293 g/mol. The first-order chi connectivity index (χ1) is 10.8. The molecule has 0 aromatic rings. The normalized spacial score (nSPS) is 23.7. The second kappa shape index (κ2) is 7.93. The van der Waals surface area contributed by atoms with Gasteiger partial charge in [0.15, 0.2) is 0 Å². The Labute approximate surface area is 141 Å². The van der Waals surface area contributed by atoms with Gasteiger partial charge in [-0.05, 0) is 5.92 Å². The van der Waals surface area contributed by atoms with E-state index >= 15 is 4.39 Å². The van der Waals surface area contributed by atoms with Gasteiger partial charge in [-0.1, -0.05) is 27.7 Å². The van der Waals surface area contributed by atoms with Crippen LogP contribution in [0.25, 0.3) is 0 Å². The van der Waals surface area contributed by atoms with Gasteiger partial charge in [0, 0.05) is 71.1 Å². The number of carbonyl (C=O) groups is 1. The number of likely N-dealkylation sites (tertiary alicyclic amines) is 1. The Morgan fingerprint density at radius 3 is 1.96 bits per heavy atom. The number of nitrogens with zero attached hydrogens (tertiary/aromatic N) is 3. The quantitative estimate of drug-likeness (QED) is 0.775. The van der Waals surface area contributed by atoms with Crippen molar-refractivity contribution >= 4 is 5.91 Å². The van der Waals surface area contributed by atoms with Crippen LogP contribution in [0.1, 0.15) is 40.5 Å². The van der Waals surface area contributed by atoms with Crippen LogP contribution in [-0.2, 0) is 4.79 Å². The summed E-state index contributed by atoms with van der Waals surface area (Å²) in [5.41, 5.74) is -1.12. The maximum absolute atomic E-state index is 15.1. The predicted molar refractivity (Wildman–Crippen MR) is 92.2 cm³/mol. The molecule has 0 aromatic heterocycles. The molecular formula is C18H34FN3O. The summed E-state index contributed by atoms with van der Waals surface area (Å²) in [4.78, 5) is 18.6. The maximum Gasteiger partial charge on any atom is 0.225 e. The highest BCUT2D eigenvalue weighted by atomic mass is 19.1. The van der Waals surface area contributed by atoms with Gasteiger partial charge < -0.3 is 9.80 Å². The molecule has 2 heterocycles. The largest absolute Gasteiger partial charge is 0.342 e. The Hall–Kier alpha value is -0.680. The lowest BCUT2D eigenvalue weighted by atomic mass is 9.91. The number of rotatable bonds is 5. The van der Waals surface area contributed by atoms with Crippen LogP contribution in [0.4, 0.5) is 4.39 Å². The van der Waals surface area contributed by atoms with Crippen molar-refractivity contribution in [2.45, 2.75) is 46.2 Å².